The Balaban J connectivity index is 1.80. The van der Waals surface area contributed by atoms with E-state index in [4.69, 9.17) is 11.6 Å². The van der Waals surface area contributed by atoms with Crippen molar-refractivity contribution in [2.24, 2.45) is 0 Å². The third-order valence-corrected chi connectivity index (χ3v) is 4.88. The highest BCUT2D eigenvalue weighted by atomic mass is 79.9. The molecule has 0 saturated heterocycles. The molecule has 3 rings (SSSR count). The molecule has 2 amide bonds. The Morgan fingerprint density at radius 3 is 2.37 bits per heavy atom. The lowest BCUT2D eigenvalue weighted by molar-refractivity contribution is 0.101. The van der Waals surface area contributed by atoms with Crippen LogP contribution in [0.1, 0.15) is 26.3 Å². The monoisotopic (exact) mass is 442 g/mol. The van der Waals surface area contributed by atoms with Crippen molar-refractivity contribution < 1.29 is 9.59 Å². The molecule has 136 valence electrons. The molecule has 2 N–H and O–H groups in total. The number of rotatable bonds is 4. The van der Waals surface area contributed by atoms with Crippen LogP contribution < -0.4 is 10.6 Å². The smallest absolute Gasteiger partial charge is 0.256 e. The average molecular weight is 444 g/mol. The first kappa shape index (κ1) is 19.1. The molecule has 0 heterocycles. The largest absolute Gasteiger partial charge is 0.322 e. The maximum atomic E-state index is 12.6. The van der Waals surface area contributed by atoms with E-state index in [1.165, 1.54) is 0 Å². The van der Waals surface area contributed by atoms with Gasteiger partial charge in [0.15, 0.2) is 0 Å². The van der Waals surface area contributed by atoms with Crippen molar-refractivity contribution >= 4 is 50.7 Å². The Hall–Kier alpha value is -2.63. The maximum Gasteiger partial charge on any atom is 0.256 e. The zero-order chi connectivity index (χ0) is 19.4. The molecule has 3 aromatic rings. The molecule has 6 heteroatoms. The van der Waals surface area contributed by atoms with Gasteiger partial charge in [-0.1, -0.05) is 35.9 Å². The van der Waals surface area contributed by atoms with E-state index in [0.717, 1.165) is 5.56 Å². The van der Waals surface area contributed by atoms with Gasteiger partial charge in [0.25, 0.3) is 11.8 Å². The predicted octanol–water partition coefficient (Wildman–Crippen LogP) is 5.92. The molecule has 0 unspecified atom stereocenters. The van der Waals surface area contributed by atoms with Crippen molar-refractivity contribution in [3.8, 4) is 0 Å². The minimum atomic E-state index is -0.293. The quantitative estimate of drug-likeness (QED) is 0.526. The molecule has 3 aromatic carbocycles. The number of halogens is 2. The fourth-order valence-electron chi connectivity index (χ4n) is 2.49. The van der Waals surface area contributed by atoms with Gasteiger partial charge in [-0.25, -0.2) is 0 Å². The summed E-state index contributed by atoms with van der Waals surface area (Å²) in [5.41, 5.74) is 3.07. The van der Waals surface area contributed by atoms with Gasteiger partial charge < -0.3 is 10.6 Å². The van der Waals surface area contributed by atoms with Crippen LogP contribution in [0.4, 0.5) is 11.4 Å². The van der Waals surface area contributed by atoms with E-state index in [2.05, 4.69) is 26.6 Å². The molecule has 4 nitrogen and oxygen atoms in total. The Kier molecular flexibility index (Phi) is 5.94. The molecule has 0 atom stereocenters. The topological polar surface area (TPSA) is 58.2 Å². The standard InChI is InChI=1S/C21H16BrClN2O2/c1-13-7-9-16(24-20(26)14-5-3-2-4-6-14)12-19(13)25-21(27)17-11-15(23)8-10-18(17)22/h2-12H,1H3,(H,24,26)(H,25,27). The van der Waals surface area contributed by atoms with Gasteiger partial charge in [-0.15, -0.1) is 0 Å². The molecular formula is C21H16BrClN2O2. The van der Waals surface area contributed by atoms with Crippen LogP contribution in [0.25, 0.3) is 0 Å². The number of amides is 2. The summed E-state index contributed by atoms with van der Waals surface area (Å²) in [6, 6.07) is 19.3. The third-order valence-electron chi connectivity index (χ3n) is 3.95. The molecule has 0 aliphatic heterocycles. The first-order valence-electron chi connectivity index (χ1n) is 8.17. The summed E-state index contributed by atoms with van der Waals surface area (Å²) in [5.74, 6) is -0.506. The summed E-state index contributed by atoms with van der Waals surface area (Å²) < 4.78 is 0.649. The number of aryl methyl sites for hydroxylation is 1. The highest BCUT2D eigenvalue weighted by Gasteiger charge is 2.13. The summed E-state index contributed by atoms with van der Waals surface area (Å²) in [4.78, 5) is 24.9. The van der Waals surface area contributed by atoms with E-state index < -0.39 is 0 Å². The van der Waals surface area contributed by atoms with Gasteiger partial charge in [-0.05, 0) is 70.9 Å². The second-order valence-corrected chi connectivity index (χ2v) is 7.22. The first-order chi connectivity index (χ1) is 12.9. The van der Waals surface area contributed by atoms with Crippen LogP contribution >= 0.6 is 27.5 Å². The number of carbonyl (C=O) groups excluding carboxylic acids is 2. The van der Waals surface area contributed by atoms with E-state index in [9.17, 15) is 9.59 Å². The zero-order valence-corrected chi connectivity index (χ0v) is 16.8. The Bertz CT molecular complexity index is 1010. The van der Waals surface area contributed by atoms with Crippen molar-refractivity contribution in [2.45, 2.75) is 6.92 Å². The number of carbonyl (C=O) groups is 2. The highest BCUT2D eigenvalue weighted by Crippen LogP contribution is 2.25. The molecule has 0 radical (unpaired) electrons. The first-order valence-corrected chi connectivity index (χ1v) is 9.34. The van der Waals surface area contributed by atoms with Crippen molar-refractivity contribution in [3.05, 3.63) is 92.9 Å². The van der Waals surface area contributed by atoms with Gasteiger partial charge in [0, 0.05) is 26.4 Å². The van der Waals surface area contributed by atoms with Gasteiger partial charge >= 0.3 is 0 Å². The Morgan fingerprint density at radius 2 is 1.63 bits per heavy atom. The van der Waals surface area contributed by atoms with Crippen molar-refractivity contribution in [1.29, 1.82) is 0 Å². The van der Waals surface area contributed by atoms with Crippen molar-refractivity contribution in [2.75, 3.05) is 10.6 Å². The Morgan fingerprint density at radius 1 is 0.889 bits per heavy atom. The van der Waals surface area contributed by atoms with E-state index in [0.29, 0.717) is 32.0 Å². The lowest BCUT2D eigenvalue weighted by Crippen LogP contribution is -2.15. The maximum absolute atomic E-state index is 12.6. The SMILES string of the molecule is Cc1ccc(NC(=O)c2ccccc2)cc1NC(=O)c1cc(Cl)ccc1Br. The summed E-state index contributed by atoms with van der Waals surface area (Å²) in [7, 11) is 0. The minimum Gasteiger partial charge on any atom is -0.322 e. The number of hydrogen-bond donors (Lipinski definition) is 2. The van der Waals surface area contributed by atoms with Crippen LogP contribution in [-0.4, -0.2) is 11.8 Å². The lowest BCUT2D eigenvalue weighted by Gasteiger charge is -2.12. The van der Waals surface area contributed by atoms with Crippen molar-refractivity contribution in [1.82, 2.24) is 0 Å². The molecule has 0 aliphatic carbocycles. The molecule has 0 fully saturated rings. The van der Waals surface area contributed by atoms with Gasteiger partial charge in [0.1, 0.15) is 0 Å². The lowest BCUT2D eigenvalue weighted by atomic mass is 10.1. The van der Waals surface area contributed by atoms with E-state index in [-0.39, 0.29) is 11.8 Å². The van der Waals surface area contributed by atoms with Crippen molar-refractivity contribution in [3.63, 3.8) is 0 Å². The molecule has 0 spiro atoms. The predicted molar refractivity (Wildman–Crippen MR) is 113 cm³/mol. The number of benzene rings is 3. The molecule has 0 saturated carbocycles. The van der Waals surface area contributed by atoms with Gasteiger partial charge in [0.2, 0.25) is 0 Å². The number of nitrogens with one attached hydrogen (secondary N) is 2. The highest BCUT2D eigenvalue weighted by molar-refractivity contribution is 9.10. The second kappa shape index (κ2) is 8.37. The van der Waals surface area contributed by atoms with E-state index >= 15 is 0 Å². The van der Waals surface area contributed by atoms with E-state index in [1.807, 2.05) is 19.1 Å². The molecule has 0 aliphatic rings. The molecular weight excluding hydrogens is 428 g/mol. The van der Waals surface area contributed by atoms with Crippen LogP contribution in [-0.2, 0) is 0 Å². The van der Waals surface area contributed by atoms with Gasteiger partial charge in [-0.2, -0.15) is 0 Å². The van der Waals surface area contributed by atoms with E-state index in [1.54, 1.807) is 54.6 Å². The Labute approximate surface area is 170 Å². The molecule has 0 aromatic heterocycles. The van der Waals surface area contributed by atoms with Crippen LogP contribution in [0.5, 0.6) is 0 Å². The fourth-order valence-corrected chi connectivity index (χ4v) is 3.09. The normalized spacial score (nSPS) is 10.3. The second-order valence-electron chi connectivity index (χ2n) is 5.93. The summed E-state index contributed by atoms with van der Waals surface area (Å²) >= 11 is 9.35. The molecule has 27 heavy (non-hydrogen) atoms. The van der Waals surface area contributed by atoms with Crippen LogP contribution in [0.15, 0.2) is 71.2 Å². The summed E-state index contributed by atoms with van der Waals surface area (Å²) in [6.07, 6.45) is 0. The zero-order valence-electron chi connectivity index (χ0n) is 14.4. The molecule has 0 bridgehead atoms. The third kappa shape index (κ3) is 4.76. The average Bonchev–Trinajstić information content (AvgIpc) is 2.67. The van der Waals surface area contributed by atoms with Gasteiger partial charge in [0.05, 0.1) is 5.56 Å². The fraction of sp³-hybridized carbons (Fsp3) is 0.0476. The number of hydrogen-bond acceptors (Lipinski definition) is 2. The van der Waals surface area contributed by atoms with Crippen LogP contribution in [0, 0.1) is 6.92 Å². The van der Waals surface area contributed by atoms with Crippen LogP contribution in [0.2, 0.25) is 5.02 Å². The number of anilines is 2. The summed E-state index contributed by atoms with van der Waals surface area (Å²) in [6.45, 7) is 1.88. The van der Waals surface area contributed by atoms with Crippen LogP contribution in [0.3, 0.4) is 0 Å². The summed E-state index contributed by atoms with van der Waals surface area (Å²) in [5, 5.41) is 6.18. The minimum absolute atomic E-state index is 0.214. The van der Waals surface area contributed by atoms with Gasteiger partial charge in [-0.3, -0.25) is 9.59 Å².